The Hall–Kier alpha value is -0.330. The average Bonchev–Trinajstić information content (AvgIpc) is 2.15. The molecule has 0 bridgehead atoms. The minimum atomic E-state index is -0.528. The molecule has 0 unspecified atom stereocenters. The van der Waals surface area contributed by atoms with Gasteiger partial charge in [-0.15, -0.1) is 0 Å². The molecule has 0 atom stereocenters. The number of rotatable bonds is 4. The van der Waals surface area contributed by atoms with Gasteiger partial charge in [0.1, 0.15) is 0 Å². The molecular formula is C8H6Br2ClNO3. The molecule has 0 radical (unpaired) electrons. The van der Waals surface area contributed by atoms with Crippen molar-refractivity contribution in [3.63, 3.8) is 0 Å². The smallest absolute Gasteiger partial charge is 0.313 e. The lowest BCUT2D eigenvalue weighted by atomic mass is 10.3. The molecule has 1 aromatic rings. The summed E-state index contributed by atoms with van der Waals surface area (Å²) in [6, 6.07) is 2.81. The zero-order chi connectivity index (χ0) is 11.4. The Morgan fingerprint density at radius 3 is 2.73 bits per heavy atom. The van der Waals surface area contributed by atoms with Gasteiger partial charge in [-0.05, 0) is 22.0 Å². The molecule has 1 aromatic carbocycles. The number of nitro groups is 1. The van der Waals surface area contributed by atoms with Crippen molar-refractivity contribution in [1.29, 1.82) is 0 Å². The van der Waals surface area contributed by atoms with Crippen molar-refractivity contribution in [1.82, 2.24) is 0 Å². The van der Waals surface area contributed by atoms with Gasteiger partial charge >= 0.3 is 5.69 Å². The molecule has 15 heavy (non-hydrogen) atoms. The fraction of sp³-hybridized carbons (Fsp3) is 0.250. The highest BCUT2D eigenvalue weighted by Crippen LogP contribution is 2.37. The third kappa shape index (κ3) is 3.32. The predicted octanol–water partition coefficient (Wildman–Crippen LogP) is 3.78. The second-order valence-corrected chi connectivity index (χ2v) is 4.61. The van der Waals surface area contributed by atoms with Crippen molar-refractivity contribution < 1.29 is 9.66 Å². The quantitative estimate of drug-likeness (QED) is 0.467. The number of benzene rings is 1. The lowest BCUT2D eigenvalue weighted by Gasteiger charge is -2.07. The molecule has 0 heterocycles. The van der Waals surface area contributed by atoms with Gasteiger partial charge in [-0.2, -0.15) is 0 Å². The SMILES string of the molecule is O=[N+]([O-])c1cc(Cl)cc(Br)c1OCCBr. The summed E-state index contributed by atoms with van der Waals surface area (Å²) in [5.74, 6) is 0.198. The van der Waals surface area contributed by atoms with Gasteiger partial charge in [-0.3, -0.25) is 10.1 Å². The molecular weight excluding hydrogens is 353 g/mol. The predicted molar refractivity (Wildman–Crippen MR) is 65.1 cm³/mol. The van der Waals surface area contributed by atoms with Crippen LogP contribution >= 0.6 is 43.5 Å². The molecule has 0 spiro atoms. The van der Waals surface area contributed by atoms with Crippen molar-refractivity contribution in [2.24, 2.45) is 0 Å². The van der Waals surface area contributed by atoms with Gasteiger partial charge in [0.2, 0.25) is 5.75 Å². The van der Waals surface area contributed by atoms with Gasteiger partial charge in [0.25, 0.3) is 0 Å². The number of ether oxygens (including phenoxy) is 1. The summed E-state index contributed by atoms with van der Waals surface area (Å²) >= 11 is 12.0. The van der Waals surface area contributed by atoms with Crippen LogP contribution in [0.2, 0.25) is 5.02 Å². The van der Waals surface area contributed by atoms with Gasteiger partial charge in [0, 0.05) is 16.4 Å². The lowest BCUT2D eigenvalue weighted by Crippen LogP contribution is -2.02. The van der Waals surface area contributed by atoms with Gasteiger partial charge in [0.15, 0.2) is 0 Å². The van der Waals surface area contributed by atoms with E-state index >= 15 is 0 Å². The number of halogens is 3. The maximum atomic E-state index is 10.7. The molecule has 0 aliphatic heterocycles. The van der Waals surface area contributed by atoms with Gasteiger partial charge in [-0.25, -0.2) is 0 Å². The molecule has 0 saturated carbocycles. The van der Waals surface area contributed by atoms with Crippen LogP contribution in [0.15, 0.2) is 16.6 Å². The molecule has 1 rings (SSSR count). The van der Waals surface area contributed by atoms with Crippen LogP contribution < -0.4 is 4.74 Å². The van der Waals surface area contributed by atoms with Gasteiger partial charge < -0.3 is 4.74 Å². The molecule has 82 valence electrons. The van der Waals surface area contributed by atoms with Crippen molar-refractivity contribution in [2.75, 3.05) is 11.9 Å². The fourth-order valence-corrected chi connectivity index (χ4v) is 2.04. The minimum absolute atomic E-state index is 0.143. The number of hydrogen-bond donors (Lipinski definition) is 0. The van der Waals surface area contributed by atoms with Crippen LogP contribution in [0.3, 0.4) is 0 Å². The summed E-state index contributed by atoms with van der Waals surface area (Å²) in [5, 5.41) is 11.6. The highest BCUT2D eigenvalue weighted by molar-refractivity contribution is 9.10. The topological polar surface area (TPSA) is 52.4 Å². The Morgan fingerprint density at radius 1 is 1.53 bits per heavy atom. The average molecular weight is 359 g/mol. The Morgan fingerprint density at radius 2 is 2.20 bits per heavy atom. The van der Waals surface area contributed by atoms with Crippen LogP contribution in [0.5, 0.6) is 5.75 Å². The van der Waals surface area contributed by atoms with E-state index in [-0.39, 0.29) is 11.4 Å². The van der Waals surface area contributed by atoms with Gasteiger partial charge in [0.05, 0.1) is 16.0 Å². The van der Waals surface area contributed by atoms with Crippen molar-refractivity contribution in [3.8, 4) is 5.75 Å². The van der Waals surface area contributed by atoms with E-state index in [1.165, 1.54) is 6.07 Å². The molecule has 7 heteroatoms. The van der Waals surface area contributed by atoms with Crippen molar-refractivity contribution in [2.45, 2.75) is 0 Å². The first kappa shape index (κ1) is 12.7. The third-order valence-electron chi connectivity index (χ3n) is 1.51. The Balaban J connectivity index is 3.15. The first-order valence-corrected chi connectivity index (χ1v) is 6.17. The van der Waals surface area contributed by atoms with Gasteiger partial charge in [-0.1, -0.05) is 27.5 Å². The molecule has 0 aliphatic carbocycles. The van der Waals surface area contributed by atoms with E-state index in [1.54, 1.807) is 6.07 Å². The maximum absolute atomic E-state index is 10.7. The van der Waals surface area contributed by atoms with E-state index in [0.29, 0.717) is 21.4 Å². The summed E-state index contributed by atoms with van der Waals surface area (Å²) in [6.45, 7) is 0.348. The largest absolute Gasteiger partial charge is 0.485 e. The Labute approximate surface area is 108 Å². The Kier molecular flexibility index (Phi) is 4.82. The molecule has 0 aromatic heterocycles. The van der Waals surface area contributed by atoms with Crippen LogP contribution in [-0.4, -0.2) is 16.9 Å². The fourth-order valence-electron chi connectivity index (χ4n) is 0.966. The second-order valence-electron chi connectivity index (χ2n) is 2.53. The van der Waals surface area contributed by atoms with E-state index in [4.69, 9.17) is 16.3 Å². The molecule has 0 fully saturated rings. The highest BCUT2D eigenvalue weighted by atomic mass is 79.9. The summed E-state index contributed by atoms with van der Waals surface area (Å²) in [7, 11) is 0. The number of nitro benzene ring substituents is 1. The molecule has 0 saturated heterocycles. The molecule has 0 N–H and O–H groups in total. The van der Waals surface area contributed by atoms with Crippen LogP contribution in [-0.2, 0) is 0 Å². The number of nitrogens with zero attached hydrogens (tertiary/aromatic N) is 1. The maximum Gasteiger partial charge on any atom is 0.313 e. The number of hydrogen-bond acceptors (Lipinski definition) is 3. The van der Waals surface area contributed by atoms with Crippen LogP contribution in [0.4, 0.5) is 5.69 Å². The van der Waals surface area contributed by atoms with Crippen LogP contribution in [0.25, 0.3) is 0 Å². The lowest BCUT2D eigenvalue weighted by molar-refractivity contribution is -0.385. The monoisotopic (exact) mass is 357 g/mol. The van der Waals surface area contributed by atoms with E-state index in [2.05, 4.69) is 31.9 Å². The first-order valence-electron chi connectivity index (χ1n) is 3.88. The van der Waals surface area contributed by atoms with E-state index in [9.17, 15) is 10.1 Å². The first-order chi connectivity index (χ1) is 7.06. The summed E-state index contributed by atoms with van der Waals surface area (Å²) in [6.07, 6.45) is 0. The number of alkyl halides is 1. The second kappa shape index (κ2) is 5.67. The Bertz CT molecular complexity index is 386. The van der Waals surface area contributed by atoms with Crippen LogP contribution in [0, 0.1) is 10.1 Å². The molecule has 0 amide bonds. The summed E-state index contributed by atoms with van der Waals surface area (Å²) < 4.78 is 5.71. The van der Waals surface area contributed by atoms with Crippen molar-refractivity contribution >= 4 is 49.1 Å². The summed E-state index contributed by atoms with van der Waals surface area (Å²) in [4.78, 5) is 10.2. The van der Waals surface area contributed by atoms with Crippen molar-refractivity contribution in [3.05, 3.63) is 31.7 Å². The molecule has 0 aliphatic rings. The third-order valence-corrected chi connectivity index (χ3v) is 2.64. The normalized spacial score (nSPS) is 10.1. The van der Waals surface area contributed by atoms with Crippen LogP contribution in [0.1, 0.15) is 0 Å². The van der Waals surface area contributed by atoms with E-state index < -0.39 is 4.92 Å². The van der Waals surface area contributed by atoms with E-state index in [1.807, 2.05) is 0 Å². The molecule has 4 nitrogen and oxygen atoms in total. The summed E-state index contributed by atoms with van der Waals surface area (Å²) in [5.41, 5.74) is -0.143. The zero-order valence-corrected chi connectivity index (χ0v) is 11.3. The standard InChI is InChI=1S/C8H6Br2ClNO3/c9-1-2-15-8-6(10)3-5(11)4-7(8)12(13)14/h3-4H,1-2H2. The zero-order valence-electron chi connectivity index (χ0n) is 7.37. The van der Waals surface area contributed by atoms with E-state index in [0.717, 1.165) is 0 Å². The minimum Gasteiger partial charge on any atom is -0.485 e. The highest BCUT2D eigenvalue weighted by Gasteiger charge is 2.19.